The average molecular weight is 415 g/mol. The molecule has 3 N–H and O–H groups in total. The Morgan fingerprint density at radius 3 is 2.26 bits per heavy atom. The van der Waals surface area contributed by atoms with Gasteiger partial charge in [0.2, 0.25) is 5.91 Å². The zero-order chi connectivity index (χ0) is 14.6. The maximum atomic E-state index is 11.2. The summed E-state index contributed by atoms with van der Waals surface area (Å²) in [4.78, 5) is 22.3. The summed E-state index contributed by atoms with van der Waals surface area (Å²) in [7, 11) is 0. The molecule has 0 saturated carbocycles. The standard InChI is InChI=1S/C11H10Br2ClNO4/c12-7-1-5(16)2-8(13)6(7)3-9(11(18)19)15-10(17)4-14/h1-2,9,16H,3-4H2,(H,15,17)(H,18,19). The van der Waals surface area contributed by atoms with Crippen LogP contribution >= 0.6 is 43.5 Å². The minimum Gasteiger partial charge on any atom is -0.508 e. The van der Waals surface area contributed by atoms with E-state index in [-0.39, 0.29) is 18.1 Å². The number of benzene rings is 1. The van der Waals surface area contributed by atoms with E-state index in [4.69, 9.17) is 16.7 Å². The number of phenolic OH excluding ortho intramolecular Hbond substituents is 1. The van der Waals surface area contributed by atoms with Crippen LogP contribution in [0.25, 0.3) is 0 Å². The molecule has 0 saturated heterocycles. The maximum Gasteiger partial charge on any atom is 0.326 e. The Hall–Kier alpha value is -0.790. The number of amides is 1. The van der Waals surface area contributed by atoms with Gasteiger partial charge in [-0.1, -0.05) is 31.9 Å². The molecule has 1 aromatic carbocycles. The van der Waals surface area contributed by atoms with Crippen molar-refractivity contribution in [3.05, 3.63) is 26.6 Å². The van der Waals surface area contributed by atoms with Crippen molar-refractivity contribution in [2.24, 2.45) is 0 Å². The Kier molecular flexibility index (Phi) is 6.09. The highest BCUT2D eigenvalue weighted by atomic mass is 79.9. The number of hydrogen-bond donors (Lipinski definition) is 3. The molecule has 19 heavy (non-hydrogen) atoms. The first-order valence-electron chi connectivity index (χ1n) is 5.10. The van der Waals surface area contributed by atoms with E-state index in [1.54, 1.807) is 0 Å². The maximum absolute atomic E-state index is 11.2. The van der Waals surface area contributed by atoms with Crippen molar-refractivity contribution in [3.63, 3.8) is 0 Å². The smallest absolute Gasteiger partial charge is 0.326 e. The third-order valence-electron chi connectivity index (χ3n) is 2.29. The first-order valence-corrected chi connectivity index (χ1v) is 7.22. The van der Waals surface area contributed by atoms with E-state index in [1.807, 2.05) is 0 Å². The van der Waals surface area contributed by atoms with Gasteiger partial charge in [0.05, 0.1) is 0 Å². The Balaban J connectivity index is 2.97. The minimum absolute atomic E-state index is 0.0409. The van der Waals surface area contributed by atoms with Gasteiger partial charge in [0.25, 0.3) is 0 Å². The zero-order valence-electron chi connectivity index (χ0n) is 9.49. The molecule has 1 amide bonds. The fourth-order valence-electron chi connectivity index (χ4n) is 1.42. The molecule has 1 aromatic rings. The van der Waals surface area contributed by atoms with E-state index in [0.717, 1.165) is 0 Å². The highest BCUT2D eigenvalue weighted by Gasteiger charge is 2.22. The molecular weight excluding hydrogens is 405 g/mol. The summed E-state index contributed by atoms with van der Waals surface area (Å²) >= 11 is 11.8. The van der Waals surface area contributed by atoms with Crippen LogP contribution in [0.1, 0.15) is 5.56 Å². The fourth-order valence-corrected chi connectivity index (χ4v) is 2.98. The van der Waals surface area contributed by atoms with Crippen LogP contribution in [0, 0.1) is 0 Å². The molecule has 1 unspecified atom stereocenters. The summed E-state index contributed by atoms with van der Waals surface area (Å²) < 4.78 is 1.09. The Morgan fingerprint density at radius 1 is 1.32 bits per heavy atom. The van der Waals surface area contributed by atoms with Gasteiger partial charge in [-0.05, 0) is 17.7 Å². The number of carbonyl (C=O) groups excluding carboxylic acids is 1. The van der Waals surface area contributed by atoms with E-state index in [0.29, 0.717) is 14.5 Å². The lowest BCUT2D eigenvalue weighted by Crippen LogP contribution is -2.43. The molecule has 0 aliphatic heterocycles. The summed E-state index contributed by atoms with van der Waals surface area (Å²) in [5.74, 6) is -1.98. The van der Waals surface area contributed by atoms with Crippen LogP contribution < -0.4 is 5.32 Å². The number of halogens is 3. The van der Waals surface area contributed by atoms with E-state index >= 15 is 0 Å². The number of aromatic hydroxyl groups is 1. The van der Waals surface area contributed by atoms with Gasteiger partial charge in [0, 0.05) is 15.4 Å². The van der Waals surface area contributed by atoms with Gasteiger partial charge in [-0.3, -0.25) is 4.79 Å². The van der Waals surface area contributed by atoms with Crippen LogP contribution in [0.2, 0.25) is 0 Å². The second-order valence-corrected chi connectivity index (χ2v) is 5.66. The SMILES string of the molecule is O=C(CCl)NC(Cc1c(Br)cc(O)cc1Br)C(=O)O. The Labute approximate surface area is 131 Å². The fraction of sp³-hybridized carbons (Fsp3) is 0.273. The van der Waals surface area contributed by atoms with Crippen molar-refractivity contribution < 1.29 is 19.8 Å². The van der Waals surface area contributed by atoms with Gasteiger partial charge in [-0.2, -0.15) is 0 Å². The van der Waals surface area contributed by atoms with Crippen LogP contribution in [0.3, 0.4) is 0 Å². The van der Waals surface area contributed by atoms with Crippen molar-refractivity contribution in [2.75, 3.05) is 5.88 Å². The van der Waals surface area contributed by atoms with E-state index in [1.165, 1.54) is 12.1 Å². The van der Waals surface area contributed by atoms with Gasteiger partial charge >= 0.3 is 5.97 Å². The Bertz CT molecular complexity index is 486. The van der Waals surface area contributed by atoms with Crippen LogP contribution in [0.5, 0.6) is 5.75 Å². The molecule has 104 valence electrons. The van der Waals surface area contributed by atoms with E-state index < -0.39 is 17.9 Å². The van der Waals surface area contributed by atoms with Crippen molar-refractivity contribution in [2.45, 2.75) is 12.5 Å². The number of nitrogens with one attached hydrogen (secondary N) is 1. The van der Waals surface area contributed by atoms with Gasteiger partial charge in [-0.15, -0.1) is 11.6 Å². The van der Waals surface area contributed by atoms with Gasteiger partial charge in [-0.25, -0.2) is 4.79 Å². The quantitative estimate of drug-likeness (QED) is 0.644. The molecule has 1 atom stereocenters. The third kappa shape index (κ3) is 4.67. The highest BCUT2D eigenvalue weighted by Crippen LogP contribution is 2.31. The summed E-state index contributed by atoms with van der Waals surface area (Å²) in [5.41, 5.74) is 0.625. The third-order valence-corrected chi connectivity index (χ3v) is 3.95. The molecule has 0 heterocycles. The van der Waals surface area contributed by atoms with E-state index in [2.05, 4.69) is 37.2 Å². The molecule has 1 rings (SSSR count). The van der Waals surface area contributed by atoms with Crippen molar-refractivity contribution in [1.29, 1.82) is 0 Å². The van der Waals surface area contributed by atoms with Crippen LogP contribution in [-0.4, -0.2) is 34.0 Å². The van der Waals surface area contributed by atoms with Gasteiger partial charge in [0.1, 0.15) is 17.7 Å². The molecule has 8 heteroatoms. The number of phenols is 1. The summed E-state index contributed by atoms with van der Waals surface area (Å²) in [5, 5.41) is 20.8. The first-order chi connectivity index (χ1) is 8.85. The molecule has 0 radical (unpaired) electrons. The zero-order valence-corrected chi connectivity index (χ0v) is 13.4. The molecule has 0 aliphatic rings. The second kappa shape index (κ2) is 7.12. The highest BCUT2D eigenvalue weighted by molar-refractivity contribution is 9.11. The lowest BCUT2D eigenvalue weighted by molar-refractivity contribution is -0.141. The predicted molar refractivity (Wildman–Crippen MR) is 77.5 cm³/mol. The molecule has 5 nitrogen and oxygen atoms in total. The normalized spacial score (nSPS) is 11.9. The van der Waals surface area contributed by atoms with Gasteiger partial charge in [0.15, 0.2) is 0 Å². The number of carbonyl (C=O) groups is 2. The first kappa shape index (κ1) is 16.3. The van der Waals surface area contributed by atoms with Crippen LogP contribution in [0.4, 0.5) is 0 Å². The largest absolute Gasteiger partial charge is 0.508 e. The molecule has 0 aromatic heterocycles. The van der Waals surface area contributed by atoms with Crippen LogP contribution in [-0.2, 0) is 16.0 Å². The average Bonchev–Trinajstić information content (AvgIpc) is 2.31. The van der Waals surface area contributed by atoms with Crippen molar-refractivity contribution >= 4 is 55.3 Å². The number of hydrogen-bond acceptors (Lipinski definition) is 3. The summed E-state index contributed by atoms with van der Waals surface area (Å²) in [6, 6.07) is 1.80. The molecule has 0 fully saturated rings. The lowest BCUT2D eigenvalue weighted by Gasteiger charge is -2.16. The van der Waals surface area contributed by atoms with Crippen molar-refractivity contribution in [1.82, 2.24) is 5.32 Å². The summed E-state index contributed by atoms with van der Waals surface area (Å²) in [6.07, 6.45) is 0.0550. The molecule has 0 aliphatic carbocycles. The number of carboxylic acids is 1. The molecular formula is C11H10Br2ClNO4. The Morgan fingerprint density at radius 2 is 1.84 bits per heavy atom. The molecule has 0 spiro atoms. The van der Waals surface area contributed by atoms with Gasteiger partial charge < -0.3 is 15.5 Å². The number of alkyl halides is 1. The second-order valence-electron chi connectivity index (χ2n) is 3.68. The minimum atomic E-state index is -1.16. The van der Waals surface area contributed by atoms with Crippen LogP contribution in [0.15, 0.2) is 21.1 Å². The summed E-state index contributed by atoms with van der Waals surface area (Å²) in [6.45, 7) is 0. The predicted octanol–water partition coefficient (Wildman–Crippen LogP) is 2.27. The number of rotatable bonds is 5. The lowest BCUT2D eigenvalue weighted by atomic mass is 10.1. The molecule has 0 bridgehead atoms. The van der Waals surface area contributed by atoms with E-state index in [9.17, 15) is 14.7 Å². The van der Waals surface area contributed by atoms with Crippen molar-refractivity contribution in [3.8, 4) is 5.75 Å². The monoisotopic (exact) mass is 413 g/mol. The number of aliphatic carboxylic acids is 1. The number of carboxylic acid groups (broad SMARTS) is 1. The topological polar surface area (TPSA) is 86.6 Å².